The number of halogens is 6. The molecule has 1 rings (SSSR count). The highest BCUT2D eigenvalue weighted by Gasteiger charge is 2.61. The Kier molecular flexibility index (Phi) is 4.46. The molecule has 1 aliphatic rings. The summed E-state index contributed by atoms with van der Waals surface area (Å²) >= 11 is 0. The van der Waals surface area contributed by atoms with Crippen LogP contribution in [0.2, 0.25) is 0 Å². The summed E-state index contributed by atoms with van der Waals surface area (Å²) in [7, 11) is 0. The summed E-state index contributed by atoms with van der Waals surface area (Å²) in [5.74, 6) is -6.02. The third-order valence-corrected chi connectivity index (χ3v) is 2.60. The van der Waals surface area contributed by atoms with Gasteiger partial charge in [-0.1, -0.05) is 0 Å². The minimum atomic E-state index is -5.63. The van der Waals surface area contributed by atoms with Gasteiger partial charge in [0, 0.05) is 12.6 Å². The van der Waals surface area contributed by atoms with E-state index >= 15 is 0 Å². The molecule has 0 aromatic heterocycles. The maximum atomic E-state index is 12.2. The van der Waals surface area contributed by atoms with Crippen molar-refractivity contribution in [1.29, 1.82) is 0 Å². The topological polar surface area (TPSA) is 41.1 Å². The van der Waals surface area contributed by atoms with Gasteiger partial charge in [0.25, 0.3) is 0 Å². The van der Waals surface area contributed by atoms with Crippen molar-refractivity contribution < 1.29 is 31.1 Å². The molecule has 1 unspecified atom stereocenters. The second-order valence-electron chi connectivity index (χ2n) is 4.05. The number of nitrogens with one attached hydrogen (secondary N) is 2. The number of alkyl halides is 6. The van der Waals surface area contributed by atoms with Crippen molar-refractivity contribution in [3.63, 3.8) is 0 Å². The zero-order chi connectivity index (χ0) is 14.0. The van der Waals surface area contributed by atoms with Crippen LogP contribution in [0.5, 0.6) is 0 Å². The fourth-order valence-corrected chi connectivity index (χ4v) is 1.74. The van der Waals surface area contributed by atoms with E-state index in [-0.39, 0.29) is 12.6 Å². The van der Waals surface area contributed by atoms with Crippen LogP contribution in [0.3, 0.4) is 0 Å². The fraction of sp³-hybridized carbons (Fsp3) is 0.889. The van der Waals surface area contributed by atoms with E-state index in [1.54, 1.807) is 5.32 Å². The van der Waals surface area contributed by atoms with Crippen LogP contribution in [0.15, 0.2) is 0 Å². The third-order valence-electron chi connectivity index (χ3n) is 2.60. The Bertz CT molecular complexity index is 280. The molecule has 0 aromatic carbocycles. The van der Waals surface area contributed by atoms with Crippen molar-refractivity contribution in [2.45, 2.75) is 31.2 Å². The number of carbonyl (C=O) groups excluding carboxylic acids is 1. The van der Waals surface area contributed by atoms with E-state index < -0.39 is 24.2 Å². The van der Waals surface area contributed by atoms with E-state index in [0.717, 1.165) is 6.42 Å². The van der Waals surface area contributed by atoms with Crippen LogP contribution in [0.25, 0.3) is 0 Å². The maximum Gasteiger partial charge on any atom is 0.409 e. The molecule has 0 spiro atoms. The number of rotatable bonds is 3. The standard InChI is InChI=1S/C9H12F6N2O/c10-8(11,12)6(9(13,14)15)7(18)17-4-5-2-1-3-16-5/h5-6,16H,1-4H2,(H,17,18). The SMILES string of the molecule is O=C(NCC1CCCN1)C(C(F)(F)F)C(F)(F)F. The highest BCUT2D eigenvalue weighted by atomic mass is 19.4. The van der Waals surface area contributed by atoms with Gasteiger partial charge in [-0.05, 0) is 19.4 Å². The van der Waals surface area contributed by atoms with E-state index in [0.29, 0.717) is 13.0 Å². The molecule has 2 N–H and O–H groups in total. The van der Waals surface area contributed by atoms with Crippen LogP contribution >= 0.6 is 0 Å². The Hall–Kier alpha value is -0.990. The Labute approximate surface area is 98.9 Å². The van der Waals surface area contributed by atoms with Gasteiger partial charge in [0.2, 0.25) is 11.8 Å². The molecular formula is C9H12F6N2O. The van der Waals surface area contributed by atoms with Crippen molar-refractivity contribution >= 4 is 5.91 Å². The van der Waals surface area contributed by atoms with E-state index in [1.165, 1.54) is 0 Å². The smallest absolute Gasteiger partial charge is 0.354 e. The molecule has 9 heteroatoms. The minimum Gasteiger partial charge on any atom is -0.354 e. The number of hydrogen-bond acceptors (Lipinski definition) is 2. The average Bonchev–Trinajstić information content (AvgIpc) is 2.61. The van der Waals surface area contributed by atoms with Crippen LogP contribution in [0.1, 0.15) is 12.8 Å². The van der Waals surface area contributed by atoms with E-state index in [1.807, 2.05) is 0 Å². The molecule has 106 valence electrons. The summed E-state index contributed by atoms with van der Waals surface area (Å²) in [4.78, 5) is 11.0. The van der Waals surface area contributed by atoms with Crippen LogP contribution in [-0.4, -0.2) is 37.4 Å². The van der Waals surface area contributed by atoms with Gasteiger partial charge >= 0.3 is 12.4 Å². The van der Waals surface area contributed by atoms with Gasteiger partial charge in [0.05, 0.1) is 0 Å². The number of hydrogen-bond donors (Lipinski definition) is 2. The Morgan fingerprint density at radius 2 is 1.78 bits per heavy atom. The molecular weight excluding hydrogens is 266 g/mol. The van der Waals surface area contributed by atoms with Crippen molar-refractivity contribution in [3.05, 3.63) is 0 Å². The van der Waals surface area contributed by atoms with Crippen LogP contribution in [-0.2, 0) is 4.79 Å². The quantitative estimate of drug-likeness (QED) is 0.770. The molecule has 1 amide bonds. The average molecular weight is 278 g/mol. The summed E-state index contributed by atoms with van der Waals surface area (Å²) < 4.78 is 73.0. The van der Waals surface area contributed by atoms with Crippen LogP contribution in [0, 0.1) is 5.92 Å². The summed E-state index contributed by atoms with van der Waals surface area (Å²) in [6.07, 6.45) is -9.87. The summed E-state index contributed by atoms with van der Waals surface area (Å²) in [5, 5.41) is 4.55. The molecule has 1 saturated heterocycles. The highest BCUT2D eigenvalue weighted by Crippen LogP contribution is 2.39. The van der Waals surface area contributed by atoms with E-state index in [4.69, 9.17) is 0 Å². The first-order valence-corrected chi connectivity index (χ1v) is 5.27. The Balaban J connectivity index is 2.60. The van der Waals surface area contributed by atoms with Crippen molar-refractivity contribution in [2.24, 2.45) is 5.92 Å². The molecule has 0 bridgehead atoms. The molecule has 1 atom stereocenters. The van der Waals surface area contributed by atoms with E-state index in [2.05, 4.69) is 5.32 Å². The lowest BCUT2D eigenvalue weighted by Gasteiger charge is -2.22. The molecule has 0 saturated carbocycles. The van der Waals surface area contributed by atoms with Gasteiger partial charge in [-0.3, -0.25) is 4.79 Å². The van der Waals surface area contributed by atoms with Crippen molar-refractivity contribution in [3.8, 4) is 0 Å². The van der Waals surface area contributed by atoms with Gasteiger partial charge in [-0.15, -0.1) is 0 Å². The fourth-order valence-electron chi connectivity index (χ4n) is 1.74. The second-order valence-corrected chi connectivity index (χ2v) is 4.05. The monoisotopic (exact) mass is 278 g/mol. The summed E-state index contributed by atoms with van der Waals surface area (Å²) in [6, 6.07) is -0.268. The highest BCUT2D eigenvalue weighted by molar-refractivity contribution is 5.80. The Morgan fingerprint density at radius 3 is 2.17 bits per heavy atom. The van der Waals surface area contributed by atoms with Gasteiger partial charge in [-0.25, -0.2) is 0 Å². The lowest BCUT2D eigenvalue weighted by atomic mass is 10.1. The zero-order valence-electron chi connectivity index (χ0n) is 9.16. The molecule has 0 aromatic rings. The molecule has 18 heavy (non-hydrogen) atoms. The first-order chi connectivity index (χ1) is 8.12. The van der Waals surface area contributed by atoms with Crippen LogP contribution in [0.4, 0.5) is 26.3 Å². The van der Waals surface area contributed by atoms with Crippen molar-refractivity contribution in [1.82, 2.24) is 10.6 Å². The van der Waals surface area contributed by atoms with Crippen molar-refractivity contribution in [2.75, 3.05) is 13.1 Å². The molecule has 0 radical (unpaired) electrons. The predicted octanol–water partition coefficient (Wildman–Crippen LogP) is 1.60. The van der Waals surface area contributed by atoms with Gasteiger partial charge < -0.3 is 10.6 Å². The minimum absolute atomic E-state index is 0.235. The number of carbonyl (C=O) groups is 1. The lowest BCUT2D eigenvalue weighted by molar-refractivity contribution is -0.274. The zero-order valence-corrected chi connectivity index (χ0v) is 9.16. The predicted molar refractivity (Wildman–Crippen MR) is 49.6 cm³/mol. The normalized spacial score (nSPS) is 21.4. The van der Waals surface area contributed by atoms with Gasteiger partial charge in [0.15, 0.2) is 0 Å². The molecule has 0 aliphatic carbocycles. The third kappa shape index (κ3) is 4.04. The second kappa shape index (κ2) is 5.33. The molecule has 1 aliphatic heterocycles. The summed E-state index contributed by atoms with van der Waals surface area (Å²) in [6.45, 7) is 0.407. The van der Waals surface area contributed by atoms with Crippen LogP contribution < -0.4 is 10.6 Å². The Morgan fingerprint density at radius 1 is 1.22 bits per heavy atom. The van der Waals surface area contributed by atoms with E-state index in [9.17, 15) is 31.1 Å². The number of amides is 1. The molecule has 3 nitrogen and oxygen atoms in total. The summed E-state index contributed by atoms with van der Waals surface area (Å²) in [5.41, 5.74) is 0. The first kappa shape index (κ1) is 15.1. The molecule has 1 fully saturated rings. The van der Waals surface area contributed by atoms with Gasteiger partial charge in [0.1, 0.15) is 0 Å². The largest absolute Gasteiger partial charge is 0.409 e. The maximum absolute atomic E-state index is 12.2. The first-order valence-electron chi connectivity index (χ1n) is 5.27. The lowest BCUT2D eigenvalue weighted by Crippen LogP contribution is -2.50. The van der Waals surface area contributed by atoms with Gasteiger partial charge in [-0.2, -0.15) is 26.3 Å². The molecule has 1 heterocycles.